The molecule has 7 nitrogen and oxygen atoms in total. The summed E-state index contributed by atoms with van der Waals surface area (Å²) in [5, 5.41) is 3.05. The summed E-state index contributed by atoms with van der Waals surface area (Å²) in [5.41, 5.74) is 1.80. The fraction of sp³-hybridized carbons (Fsp3) is 0.300. The highest BCUT2D eigenvalue weighted by molar-refractivity contribution is 7.85. The zero-order valence-electron chi connectivity index (χ0n) is 16.5. The molecule has 29 heavy (non-hydrogen) atoms. The van der Waals surface area contributed by atoms with Crippen LogP contribution >= 0.6 is 0 Å². The number of carbonyl (C=O) groups is 1. The summed E-state index contributed by atoms with van der Waals surface area (Å²) in [6.07, 6.45) is 0. The third-order valence-corrected chi connectivity index (χ3v) is 5.16. The number of nitrogens with zero attached hydrogens (tertiary/aromatic N) is 2. The normalized spacial score (nSPS) is 13.4. The summed E-state index contributed by atoms with van der Waals surface area (Å²) in [5.74, 6) is 0.464. The predicted molar refractivity (Wildman–Crippen MR) is 110 cm³/mol. The number of aliphatic imine (C=N–C) groups is 1. The van der Waals surface area contributed by atoms with E-state index in [9.17, 15) is 17.6 Å². The van der Waals surface area contributed by atoms with Gasteiger partial charge in [0.05, 0.1) is 18.0 Å². The van der Waals surface area contributed by atoms with E-state index in [0.717, 1.165) is 6.54 Å². The van der Waals surface area contributed by atoms with Crippen LogP contribution in [-0.2, 0) is 14.9 Å². The first-order valence-corrected chi connectivity index (χ1v) is 10.4. The third kappa shape index (κ3) is 6.65. The average Bonchev–Trinajstić information content (AvgIpc) is 3.04. The Balaban J connectivity index is 0.000000234. The molecule has 2 aromatic rings. The van der Waals surface area contributed by atoms with E-state index in [2.05, 4.69) is 10.3 Å². The van der Waals surface area contributed by atoms with Crippen LogP contribution in [0.15, 0.2) is 52.4 Å². The summed E-state index contributed by atoms with van der Waals surface area (Å²) in [4.78, 5) is 17.2. The molecule has 0 unspecified atom stereocenters. The van der Waals surface area contributed by atoms with Crippen molar-refractivity contribution in [1.82, 2.24) is 4.90 Å². The molecule has 1 aliphatic heterocycles. The molecule has 0 saturated heterocycles. The second-order valence-corrected chi connectivity index (χ2v) is 8.05. The minimum atomic E-state index is -4.03. The van der Waals surface area contributed by atoms with Gasteiger partial charge in [-0.05, 0) is 50.1 Å². The predicted octanol–water partition coefficient (Wildman–Crippen LogP) is 3.05. The first-order valence-electron chi connectivity index (χ1n) is 8.93. The van der Waals surface area contributed by atoms with Gasteiger partial charge in [0.2, 0.25) is 0 Å². The van der Waals surface area contributed by atoms with Gasteiger partial charge >= 0.3 is 0 Å². The molecule has 0 radical (unpaired) electrons. The number of nitrogens with one attached hydrogen (secondary N) is 1. The monoisotopic (exact) mass is 421 g/mol. The van der Waals surface area contributed by atoms with Gasteiger partial charge in [-0.1, -0.05) is 24.3 Å². The van der Waals surface area contributed by atoms with E-state index in [1.165, 1.54) is 12.1 Å². The van der Waals surface area contributed by atoms with Crippen LogP contribution in [0.3, 0.4) is 0 Å². The van der Waals surface area contributed by atoms with E-state index in [1.54, 1.807) is 51.1 Å². The van der Waals surface area contributed by atoms with Crippen LogP contribution in [0.4, 0.5) is 10.1 Å². The average molecular weight is 421 g/mol. The fourth-order valence-electron chi connectivity index (χ4n) is 2.67. The highest BCUT2D eigenvalue weighted by Gasteiger charge is 2.18. The molecule has 156 valence electrons. The number of benzene rings is 2. The van der Waals surface area contributed by atoms with Gasteiger partial charge < -0.3 is 10.2 Å². The molecule has 1 aliphatic rings. The van der Waals surface area contributed by atoms with Crippen molar-refractivity contribution in [1.29, 1.82) is 0 Å². The summed E-state index contributed by atoms with van der Waals surface area (Å²) in [6.45, 7) is 6.60. The number of guanidine groups is 1. The van der Waals surface area contributed by atoms with Gasteiger partial charge in [0.25, 0.3) is 10.1 Å². The molecule has 0 bridgehead atoms. The minimum Gasteiger partial charge on any atom is -0.334 e. The number of ketones is 1. The maximum atomic E-state index is 13.4. The first kappa shape index (κ1) is 22.5. The van der Waals surface area contributed by atoms with Gasteiger partial charge in [-0.25, -0.2) is 4.39 Å². The van der Waals surface area contributed by atoms with Gasteiger partial charge in [-0.15, -0.1) is 0 Å². The smallest absolute Gasteiger partial charge is 0.294 e. The summed E-state index contributed by atoms with van der Waals surface area (Å²) >= 11 is 0. The van der Waals surface area contributed by atoms with Gasteiger partial charge in [-0.3, -0.25) is 14.3 Å². The molecule has 0 atom stereocenters. The van der Waals surface area contributed by atoms with Crippen molar-refractivity contribution in [3.05, 3.63) is 59.4 Å². The van der Waals surface area contributed by atoms with Crippen LogP contribution < -0.4 is 5.32 Å². The van der Waals surface area contributed by atoms with Crippen molar-refractivity contribution in [2.75, 3.05) is 25.0 Å². The van der Waals surface area contributed by atoms with Crippen molar-refractivity contribution in [3.63, 3.8) is 0 Å². The first-order chi connectivity index (χ1) is 13.6. The molecule has 9 heteroatoms. The maximum absolute atomic E-state index is 13.4. The van der Waals surface area contributed by atoms with Crippen molar-refractivity contribution in [3.8, 4) is 0 Å². The number of hydrogen-bond donors (Lipinski definition) is 2. The Kier molecular flexibility index (Phi) is 7.46. The number of halogens is 1. The second-order valence-electron chi connectivity index (χ2n) is 6.66. The Morgan fingerprint density at radius 3 is 2.45 bits per heavy atom. The number of carbonyl (C=O) groups excluding carboxylic acids is 1. The van der Waals surface area contributed by atoms with Gasteiger partial charge in [0.1, 0.15) is 11.6 Å². The van der Waals surface area contributed by atoms with Crippen molar-refractivity contribution >= 4 is 27.5 Å². The standard InChI is InChI=1S/C13H16FN3O.C7H8O3S/c1-9-3-4-11(7-12(9)14)16-13-15-5-6-17(13)8-10(2)18;1-6-4-2-3-5-7(6)11(8,9)10/h3-4,7H,5-6,8H2,1-2H3,(H,15,16);2-5H,1H3,(H,8,9,10). The second kappa shape index (κ2) is 9.62. The number of hydrogen-bond acceptors (Lipinski definition) is 6. The molecule has 2 aromatic carbocycles. The molecule has 3 rings (SSSR count). The van der Waals surface area contributed by atoms with Crippen LogP contribution in [0.5, 0.6) is 0 Å². The zero-order chi connectivity index (χ0) is 21.6. The molecule has 0 fully saturated rings. The highest BCUT2D eigenvalue weighted by atomic mass is 32.2. The van der Waals surface area contributed by atoms with Crippen LogP contribution in [0, 0.1) is 19.7 Å². The van der Waals surface area contributed by atoms with Gasteiger partial charge in [0, 0.05) is 12.2 Å². The Bertz CT molecular complexity index is 1020. The Morgan fingerprint density at radius 1 is 1.21 bits per heavy atom. The molecule has 1 heterocycles. The van der Waals surface area contributed by atoms with E-state index in [4.69, 9.17) is 4.55 Å². The summed E-state index contributed by atoms with van der Waals surface area (Å²) in [6, 6.07) is 11.2. The molecule has 0 saturated carbocycles. The molecule has 0 spiro atoms. The number of aryl methyl sites for hydroxylation is 2. The van der Waals surface area contributed by atoms with Crippen LogP contribution in [0.25, 0.3) is 0 Å². The number of anilines is 1. The lowest BCUT2D eigenvalue weighted by Crippen LogP contribution is -2.36. The van der Waals surface area contributed by atoms with E-state index in [0.29, 0.717) is 35.9 Å². The van der Waals surface area contributed by atoms with Crippen molar-refractivity contribution in [2.24, 2.45) is 4.99 Å². The van der Waals surface area contributed by atoms with E-state index in [-0.39, 0.29) is 16.5 Å². The lowest BCUT2D eigenvalue weighted by Gasteiger charge is -2.19. The van der Waals surface area contributed by atoms with Crippen molar-refractivity contribution < 1.29 is 22.2 Å². The molecule has 0 aromatic heterocycles. The molecule has 0 aliphatic carbocycles. The van der Waals surface area contributed by atoms with Crippen LogP contribution in [0.1, 0.15) is 18.1 Å². The number of rotatable bonds is 4. The Morgan fingerprint density at radius 2 is 1.90 bits per heavy atom. The van der Waals surface area contributed by atoms with E-state index in [1.807, 2.05) is 4.90 Å². The zero-order valence-corrected chi connectivity index (χ0v) is 17.3. The van der Waals surface area contributed by atoms with E-state index >= 15 is 0 Å². The molecule has 0 amide bonds. The Hall–Kier alpha value is -2.78. The highest BCUT2D eigenvalue weighted by Crippen LogP contribution is 2.15. The third-order valence-electron chi connectivity index (χ3n) is 4.14. The molecular formula is C20H24FN3O4S. The summed E-state index contributed by atoms with van der Waals surface area (Å²) < 4.78 is 43.3. The van der Waals surface area contributed by atoms with Gasteiger partial charge in [-0.2, -0.15) is 8.42 Å². The Labute approximate surface area is 170 Å². The SMILES string of the molecule is CC(=O)CN1CCN=C1Nc1ccc(C)c(F)c1.Cc1ccccc1S(=O)(=O)O. The minimum absolute atomic E-state index is 0.0278. The number of Topliss-reactive ketones (excluding diaryl/α,β-unsaturated/α-hetero) is 1. The fourth-order valence-corrected chi connectivity index (χ4v) is 3.39. The largest absolute Gasteiger partial charge is 0.334 e. The molecular weight excluding hydrogens is 397 g/mol. The van der Waals surface area contributed by atoms with E-state index < -0.39 is 10.1 Å². The van der Waals surface area contributed by atoms with Crippen molar-refractivity contribution in [2.45, 2.75) is 25.7 Å². The van der Waals surface area contributed by atoms with Gasteiger partial charge in [0.15, 0.2) is 5.96 Å². The lowest BCUT2D eigenvalue weighted by molar-refractivity contribution is -0.117. The lowest BCUT2D eigenvalue weighted by atomic mass is 10.2. The van der Waals surface area contributed by atoms with Crippen LogP contribution in [-0.4, -0.2) is 49.2 Å². The van der Waals surface area contributed by atoms with Crippen LogP contribution in [0.2, 0.25) is 0 Å². The molecule has 2 N–H and O–H groups in total. The maximum Gasteiger partial charge on any atom is 0.294 e. The quantitative estimate of drug-likeness (QED) is 0.736. The summed E-state index contributed by atoms with van der Waals surface area (Å²) in [7, 11) is -4.03. The topological polar surface area (TPSA) is 99.1 Å².